The van der Waals surface area contributed by atoms with E-state index >= 15 is 0 Å². The Hall–Kier alpha value is -0.870. The molecule has 17 heavy (non-hydrogen) atoms. The summed E-state index contributed by atoms with van der Waals surface area (Å²) in [5.41, 5.74) is 0.872. The van der Waals surface area contributed by atoms with Crippen molar-refractivity contribution in [1.82, 2.24) is 5.32 Å². The molecule has 3 nitrogen and oxygen atoms in total. The van der Waals surface area contributed by atoms with Crippen LogP contribution in [0.25, 0.3) is 0 Å². The van der Waals surface area contributed by atoms with Crippen molar-refractivity contribution in [3.8, 4) is 0 Å². The van der Waals surface area contributed by atoms with Crippen molar-refractivity contribution in [2.24, 2.45) is 5.41 Å². The maximum atomic E-state index is 12.1. The second-order valence-corrected chi connectivity index (χ2v) is 6.08. The molecular formula is C13H19NO2S. The van der Waals surface area contributed by atoms with Gasteiger partial charge >= 0.3 is 0 Å². The van der Waals surface area contributed by atoms with Crippen molar-refractivity contribution in [3.05, 3.63) is 21.9 Å². The summed E-state index contributed by atoms with van der Waals surface area (Å²) >= 11 is 1.47. The third kappa shape index (κ3) is 2.38. The van der Waals surface area contributed by atoms with E-state index in [0.717, 1.165) is 29.7 Å². The van der Waals surface area contributed by atoms with Crippen LogP contribution in [-0.4, -0.2) is 23.7 Å². The quantitative estimate of drug-likeness (QED) is 0.868. The van der Waals surface area contributed by atoms with E-state index in [1.165, 1.54) is 11.3 Å². The molecule has 1 saturated carbocycles. The lowest BCUT2D eigenvalue weighted by Crippen LogP contribution is -2.44. The molecule has 0 saturated heterocycles. The normalized spacial score (nSPS) is 28.3. The van der Waals surface area contributed by atoms with E-state index in [1.54, 1.807) is 0 Å². The first-order valence-corrected chi connectivity index (χ1v) is 6.90. The highest BCUT2D eigenvalue weighted by molar-refractivity contribution is 7.12. The molecule has 1 aliphatic carbocycles. The monoisotopic (exact) mass is 253 g/mol. The zero-order valence-corrected chi connectivity index (χ0v) is 11.1. The molecule has 1 heterocycles. The minimum atomic E-state index is -0.152. The van der Waals surface area contributed by atoms with Crippen LogP contribution in [0.4, 0.5) is 0 Å². The molecule has 1 fully saturated rings. The van der Waals surface area contributed by atoms with E-state index in [1.807, 2.05) is 25.3 Å². The maximum absolute atomic E-state index is 12.1. The summed E-state index contributed by atoms with van der Waals surface area (Å²) in [5, 5.41) is 14.5. The summed E-state index contributed by atoms with van der Waals surface area (Å²) in [5.74, 6) is 0.00377. The third-order valence-electron chi connectivity index (χ3n) is 3.82. The minimum absolute atomic E-state index is 0.00377. The Morgan fingerprint density at radius 2 is 2.47 bits per heavy atom. The van der Waals surface area contributed by atoms with Gasteiger partial charge in [-0.3, -0.25) is 4.79 Å². The van der Waals surface area contributed by atoms with E-state index in [-0.39, 0.29) is 24.0 Å². The molecule has 1 aromatic heterocycles. The summed E-state index contributed by atoms with van der Waals surface area (Å²) in [6, 6.07) is 2.06. The third-order valence-corrected chi connectivity index (χ3v) is 4.83. The molecule has 2 N–H and O–H groups in total. The van der Waals surface area contributed by atoms with Crippen molar-refractivity contribution in [1.29, 1.82) is 0 Å². The van der Waals surface area contributed by atoms with Crippen molar-refractivity contribution in [2.45, 2.75) is 39.2 Å². The van der Waals surface area contributed by atoms with E-state index < -0.39 is 0 Å². The second kappa shape index (κ2) is 4.78. The van der Waals surface area contributed by atoms with Crippen molar-refractivity contribution < 1.29 is 9.90 Å². The first-order chi connectivity index (χ1) is 8.07. The first kappa shape index (κ1) is 12.6. The molecule has 0 aromatic carbocycles. The van der Waals surface area contributed by atoms with Crippen LogP contribution in [0.3, 0.4) is 0 Å². The lowest BCUT2D eigenvalue weighted by atomic mass is 9.86. The van der Waals surface area contributed by atoms with Gasteiger partial charge in [0.15, 0.2) is 0 Å². The number of carbonyl (C=O) groups is 1. The number of aliphatic hydroxyl groups excluding tert-OH is 1. The molecular weight excluding hydrogens is 234 g/mol. The number of amides is 1. The van der Waals surface area contributed by atoms with Crippen LogP contribution in [0.2, 0.25) is 0 Å². The molecule has 2 atom stereocenters. The number of hydrogen-bond donors (Lipinski definition) is 2. The van der Waals surface area contributed by atoms with Crippen LogP contribution in [0.1, 0.15) is 41.4 Å². The maximum Gasteiger partial charge on any atom is 0.261 e. The molecule has 94 valence electrons. The number of aryl methyl sites for hydroxylation is 1. The standard InChI is InChI=1S/C13H19NO2S/c1-9-5-7-17-11(9)12(16)14-10-4-3-6-13(10,2)8-15/h5,7,10,15H,3-4,6,8H2,1-2H3,(H,14,16). The molecule has 2 unspecified atom stereocenters. The Bertz CT molecular complexity index is 415. The average Bonchev–Trinajstić information content (AvgIpc) is 2.87. The Morgan fingerprint density at radius 3 is 3.06 bits per heavy atom. The predicted molar refractivity (Wildman–Crippen MR) is 69.4 cm³/mol. The number of carbonyl (C=O) groups excluding carboxylic acids is 1. The molecule has 0 spiro atoms. The van der Waals surface area contributed by atoms with Gasteiger partial charge in [-0.1, -0.05) is 13.3 Å². The fraction of sp³-hybridized carbons (Fsp3) is 0.615. The van der Waals surface area contributed by atoms with Gasteiger partial charge < -0.3 is 10.4 Å². The summed E-state index contributed by atoms with van der Waals surface area (Å²) in [4.78, 5) is 12.9. The molecule has 0 radical (unpaired) electrons. The zero-order chi connectivity index (χ0) is 12.5. The van der Waals surface area contributed by atoms with Gasteiger partial charge in [-0.15, -0.1) is 11.3 Å². The van der Waals surface area contributed by atoms with E-state index in [4.69, 9.17) is 0 Å². The highest BCUT2D eigenvalue weighted by atomic mass is 32.1. The fourth-order valence-corrected chi connectivity index (χ4v) is 3.33. The van der Waals surface area contributed by atoms with Crippen LogP contribution >= 0.6 is 11.3 Å². The summed E-state index contributed by atoms with van der Waals surface area (Å²) < 4.78 is 0. The number of aliphatic hydroxyl groups is 1. The topological polar surface area (TPSA) is 49.3 Å². The SMILES string of the molecule is Cc1ccsc1C(=O)NC1CCCC1(C)CO. The first-order valence-electron chi connectivity index (χ1n) is 6.02. The van der Waals surface area contributed by atoms with Gasteiger partial charge in [-0.25, -0.2) is 0 Å². The smallest absolute Gasteiger partial charge is 0.261 e. The van der Waals surface area contributed by atoms with Crippen molar-refractivity contribution in [2.75, 3.05) is 6.61 Å². The van der Waals surface area contributed by atoms with Gasteiger partial charge in [-0.2, -0.15) is 0 Å². The average molecular weight is 253 g/mol. The molecule has 1 amide bonds. The van der Waals surface area contributed by atoms with Crippen LogP contribution in [0.5, 0.6) is 0 Å². The Balaban J connectivity index is 2.07. The minimum Gasteiger partial charge on any atom is -0.396 e. The molecule has 1 aromatic rings. The molecule has 1 aliphatic rings. The van der Waals surface area contributed by atoms with Crippen molar-refractivity contribution in [3.63, 3.8) is 0 Å². The molecule has 0 bridgehead atoms. The summed E-state index contributed by atoms with van der Waals surface area (Å²) in [6.45, 7) is 4.14. The molecule has 2 rings (SSSR count). The Labute approximate surface area is 106 Å². The highest BCUT2D eigenvalue weighted by Crippen LogP contribution is 2.37. The second-order valence-electron chi connectivity index (χ2n) is 5.16. The van der Waals surface area contributed by atoms with Crippen LogP contribution in [0.15, 0.2) is 11.4 Å². The van der Waals surface area contributed by atoms with Gasteiger partial charge in [-0.05, 0) is 36.8 Å². The number of nitrogens with one attached hydrogen (secondary N) is 1. The molecule has 0 aliphatic heterocycles. The largest absolute Gasteiger partial charge is 0.396 e. The fourth-order valence-electron chi connectivity index (χ4n) is 2.50. The lowest BCUT2D eigenvalue weighted by molar-refractivity contribution is 0.0834. The van der Waals surface area contributed by atoms with E-state index in [9.17, 15) is 9.90 Å². The zero-order valence-electron chi connectivity index (χ0n) is 10.3. The van der Waals surface area contributed by atoms with Gasteiger partial charge in [0.2, 0.25) is 0 Å². The number of rotatable bonds is 3. The summed E-state index contributed by atoms with van der Waals surface area (Å²) in [6.07, 6.45) is 3.02. The van der Waals surface area contributed by atoms with Gasteiger partial charge in [0, 0.05) is 11.5 Å². The summed E-state index contributed by atoms with van der Waals surface area (Å²) in [7, 11) is 0. The number of thiophene rings is 1. The molecule has 4 heteroatoms. The number of hydrogen-bond acceptors (Lipinski definition) is 3. The van der Waals surface area contributed by atoms with E-state index in [0.29, 0.717) is 0 Å². The van der Waals surface area contributed by atoms with Crippen molar-refractivity contribution >= 4 is 17.2 Å². The Kier molecular flexibility index (Phi) is 3.54. The highest BCUT2D eigenvalue weighted by Gasteiger charge is 2.39. The Morgan fingerprint density at radius 1 is 1.71 bits per heavy atom. The van der Waals surface area contributed by atoms with Crippen LogP contribution < -0.4 is 5.32 Å². The van der Waals surface area contributed by atoms with Gasteiger partial charge in [0.1, 0.15) is 0 Å². The van der Waals surface area contributed by atoms with Crippen LogP contribution in [0, 0.1) is 12.3 Å². The predicted octanol–water partition coefficient (Wildman–Crippen LogP) is 2.34. The van der Waals surface area contributed by atoms with E-state index in [2.05, 4.69) is 5.32 Å². The lowest BCUT2D eigenvalue weighted by Gasteiger charge is -2.30. The van der Waals surface area contributed by atoms with Gasteiger partial charge in [0.05, 0.1) is 11.5 Å². The van der Waals surface area contributed by atoms with Crippen LogP contribution in [-0.2, 0) is 0 Å². The van der Waals surface area contributed by atoms with Gasteiger partial charge in [0.25, 0.3) is 5.91 Å².